The van der Waals surface area contributed by atoms with Crippen LogP contribution in [0.3, 0.4) is 0 Å². The molecule has 0 aliphatic carbocycles. The van der Waals surface area contributed by atoms with Crippen LogP contribution in [0.1, 0.15) is 32.3 Å². The minimum Gasteiger partial charge on any atom is -0.341 e. The Hall–Kier alpha value is -1.91. The fourth-order valence-corrected chi connectivity index (χ4v) is 2.10. The summed E-state index contributed by atoms with van der Waals surface area (Å²) in [5.41, 5.74) is 1.48. The van der Waals surface area contributed by atoms with Gasteiger partial charge in [-0.15, -0.1) is 0 Å². The summed E-state index contributed by atoms with van der Waals surface area (Å²) in [6.45, 7) is 7.95. The van der Waals surface area contributed by atoms with Crippen LogP contribution >= 0.6 is 0 Å². The van der Waals surface area contributed by atoms with Crippen molar-refractivity contribution in [2.45, 2.75) is 33.6 Å². The molecule has 5 nitrogen and oxygen atoms in total. The predicted octanol–water partition coefficient (Wildman–Crippen LogP) is 2.02. The average Bonchev–Trinajstić information content (AvgIpc) is 2.37. The van der Waals surface area contributed by atoms with Gasteiger partial charge >= 0.3 is 5.69 Å². The highest BCUT2D eigenvalue weighted by Crippen LogP contribution is 2.09. The minimum absolute atomic E-state index is 0.266. The molecule has 0 bridgehead atoms. The number of hydrogen-bond donors (Lipinski definition) is 0. The highest BCUT2D eigenvalue weighted by Gasteiger charge is 2.10. The molecule has 2 aromatic rings. The lowest BCUT2D eigenvalue weighted by atomic mass is 10.3. The molecule has 0 saturated heterocycles. The van der Waals surface area contributed by atoms with Gasteiger partial charge in [-0.25, -0.2) is 4.79 Å². The maximum atomic E-state index is 12.0. The fraction of sp³-hybridized carbons (Fsp3) is 0.500. The van der Waals surface area contributed by atoms with Crippen LogP contribution in [-0.2, 0) is 0 Å². The van der Waals surface area contributed by atoms with Gasteiger partial charge < -0.3 is 4.90 Å². The molecular formula is C14H20N4O. The molecule has 0 aliphatic heterocycles. The van der Waals surface area contributed by atoms with E-state index in [1.807, 2.05) is 19.1 Å². The molecule has 19 heavy (non-hydrogen) atoms. The van der Waals surface area contributed by atoms with Crippen molar-refractivity contribution in [3.63, 3.8) is 0 Å². The van der Waals surface area contributed by atoms with E-state index < -0.39 is 0 Å². The molecule has 0 saturated carbocycles. The summed E-state index contributed by atoms with van der Waals surface area (Å²) in [4.78, 5) is 22.7. The number of aryl methyl sites for hydroxylation is 1. The Balaban J connectivity index is 2.51. The number of rotatable bonds is 5. The average molecular weight is 260 g/mol. The van der Waals surface area contributed by atoms with E-state index in [-0.39, 0.29) is 5.69 Å². The number of hydrogen-bond acceptors (Lipinski definition) is 4. The molecule has 2 heterocycles. The molecule has 2 rings (SSSR count). The molecule has 0 fully saturated rings. The smallest absolute Gasteiger partial charge is 0.341 e. The Kier molecular flexibility index (Phi) is 4.14. The van der Waals surface area contributed by atoms with E-state index in [1.54, 1.807) is 6.20 Å². The van der Waals surface area contributed by atoms with E-state index in [0.29, 0.717) is 11.6 Å². The van der Waals surface area contributed by atoms with Crippen LogP contribution in [0.15, 0.2) is 23.1 Å². The number of fused-ring (bicyclic) bond motifs is 1. The Bertz CT molecular complexity index is 614. The van der Waals surface area contributed by atoms with Gasteiger partial charge in [0.2, 0.25) is 5.95 Å². The van der Waals surface area contributed by atoms with Crippen molar-refractivity contribution < 1.29 is 0 Å². The highest BCUT2D eigenvalue weighted by atomic mass is 16.1. The third-order valence-corrected chi connectivity index (χ3v) is 2.98. The van der Waals surface area contributed by atoms with E-state index in [2.05, 4.69) is 28.7 Å². The maximum absolute atomic E-state index is 12.0. The lowest BCUT2D eigenvalue weighted by molar-refractivity contribution is 0.714. The molecule has 2 aromatic heterocycles. The van der Waals surface area contributed by atoms with Gasteiger partial charge in [0.1, 0.15) is 5.65 Å². The molecular weight excluding hydrogens is 240 g/mol. The first-order valence-electron chi connectivity index (χ1n) is 6.77. The van der Waals surface area contributed by atoms with Crippen molar-refractivity contribution in [1.29, 1.82) is 0 Å². The number of nitrogens with zero attached hydrogens (tertiary/aromatic N) is 4. The summed E-state index contributed by atoms with van der Waals surface area (Å²) in [6.07, 6.45) is 3.74. The Morgan fingerprint density at radius 1 is 1.21 bits per heavy atom. The first-order valence-corrected chi connectivity index (χ1v) is 6.77. The second-order valence-electron chi connectivity index (χ2n) is 4.73. The predicted molar refractivity (Wildman–Crippen MR) is 76.8 cm³/mol. The first kappa shape index (κ1) is 13.5. The lowest BCUT2D eigenvalue weighted by Crippen LogP contribution is -2.31. The standard InChI is InChI=1S/C14H20N4O/c1-4-7-17(8-5-2)13-15-12-10-11(3)6-9-18(12)14(19)16-13/h6,9-10H,4-5,7-8H2,1-3H3. The van der Waals surface area contributed by atoms with E-state index in [1.165, 1.54) is 4.40 Å². The number of anilines is 1. The van der Waals surface area contributed by atoms with Crippen molar-refractivity contribution >= 4 is 11.6 Å². The maximum Gasteiger partial charge on any atom is 0.356 e. The monoisotopic (exact) mass is 260 g/mol. The van der Waals surface area contributed by atoms with Gasteiger partial charge in [-0.2, -0.15) is 9.97 Å². The van der Waals surface area contributed by atoms with Crippen LogP contribution < -0.4 is 10.6 Å². The zero-order chi connectivity index (χ0) is 13.8. The van der Waals surface area contributed by atoms with E-state index >= 15 is 0 Å². The zero-order valence-electron chi connectivity index (χ0n) is 11.8. The SMILES string of the molecule is CCCN(CCC)c1nc(=O)n2ccc(C)cc2n1. The fourth-order valence-electron chi connectivity index (χ4n) is 2.10. The highest BCUT2D eigenvalue weighted by molar-refractivity contribution is 5.45. The molecule has 0 N–H and O–H groups in total. The molecule has 102 valence electrons. The normalized spacial score (nSPS) is 10.9. The quantitative estimate of drug-likeness (QED) is 0.825. The minimum atomic E-state index is -0.266. The molecule has 0 radical (unpaired) electrons. The van der Waals surface area contributed by atoms with Crippen LogP contribution in [0.2, 0.25) is 0 Å². The lowest BCUT2D eigenvalue weighted by Gasteiger charge is -2.21. The number of aromatic nitrogens is 3. The third kappa shape index (κ3) is 2.92. The zero-order valence-corrected chi connectivity index (χ0v) is 11.8. The van der Waals surface area contributed by atoms with Gasteiger partial charge in [-0.3, -0.25) is 4.40 Å². The Labute approximate surface area is 112 Å². The van der Waals surface area contributed by atoms with Crippen LogP contribution in [0.4, 0.5) is 5.95 Å². The molecule has 0 atom stereocenters. The topological polar surface area (TPSA) is 50.5 Å². The second kappa shape index (κ2) is 5.82. The largest absolute Gasteiger partial charge is 0.356 e. The third-order valence-electron chi connectivity index (χ3n) is 2.98. The van der Waals surface area contributed by atoms with Crippen molar-refractivity contribution in [2.24, 2.45) is 0 Å². The van der Waals surface area contributed by atoms with Gasteiger partial charge in [0, 0.05) is 19.3 Å². The van der Waals surface area contributed by atoms with Crippen molar-refractivity contribution in [2.75, 3.05) is 18.0 Å². The Morgan fingerprint density at radius 3 is 2.53 bits per heavy atom. The summed E-state index contributed by atoms with van der Waals surface area (Å²) in [6, 6.07) is 3.79. The van der Waals surface area contributed by atoms with Gasteiger partial charge in [-0.05, 0) is 37.5 Å². The summed E-state index contributed by atoms with van der Waals surface area (Å²) in [5.74, 6) is 0.541. The number of pyridine rings is 1. The Morgan fingerprint density at radius 2 is 1.89 bits per heavy atom. The molecule has 0 unspecified atom stereocenters. The van der Waals surface area contributed by atoms with Crippen molar-refractivity contribution in [1.82, 2.24) is 14.4 Å². The van der Waals surface area contributed by atoms with Gasteiger partial charge in [0.05, 0.1) is 0 Å². The van der Waals surface area contributed by atoms with E-state index in [4.69, 9.17) is 0 Å². The van der Waals surface area contributed by atoms with Crippen molar-refractivity contribution in [3.05, 3.63) is 34.4 Å². The summed E-state index contributed by atoms with van der Waals surface area (Å²) in [5, 5.41) is 0. The van der Waals surface area contributed by atoms with E-state index in [0.717, 1.165) is 31.5 Å². The summed E-state index contributed by atoms with van der Waals surface area (Å²) in [7, 11) is 0. The molecule has 0 spiro atoms. The molecule has 0 aromatic carbocycles. The van der Waals surface area contributed by atoms with Gasteiger partial charge in [0.25, 0.3) is 0 Å². The summed E-state index contributed by atoms with van der Waals surface area (Å²) < 4.78 is 1.48. The van der Waals surface area contributed by atoms with Crippen LogP contribution in [0.25, 0.3) is 5.65 Å². The first-order chi connectivity index (χ1) is 9.15. The second-order valence-corrected chi connectivity index (χ2v) is 4.73. The molecule has 5 heteroatoms. The van der Waals surface area contributed by atoms with Gasteiger partial charge in [0.15, 0.2) is 0 Å². The van der Waals surface area contributed by atoms with Crippen LogP contribution in [0, 0.1) is 6.92 Å². The molecule has 0 aliphatic rings. The van der Waals surface area contributed by atoms with Gasteiger partial charge in [-0.1, -0.05) is 13.8 Å². The van der Waals surface area contributed by atoms with Crippen LogP contribution in [-0.4, -0.2) is 27.5 Å². The summed E-state index contributed by atoms with van der Waals surface area (Å²) >= 11 is 0. The molecule has 0 amide bonds. The van der Waals surface area contributed by atoms with Crippen LogP contribution in [0.5, 0.6) is 0 Å². The van der Waals surface area contributed by atoms with Crippen molar-refractivity contribution in [3.8, 4) is 0 Å². The van der Waals surface area contributed by atoms with E-state index in [9.17, 15) is 4.79 Å².